The molecule has 0 aliphatic carbocycles. The van der Waals surface area contributed by atoms with Crippen LogP contribution in [0.1, 0.15) is 31.4 Å². The first-order chi connectivity index (χ1) is 14.9. The van der Waals surface area contributed by atoms with Crippen molar-refractivity contribution < 1.29 is 9.63 Å². The topological polar surface area (TPSA) is 92.1 Å². The molecule has 2 heterocycles. The lowest BCUT2D eigenvalue weighted by atomic mass is 10.1. The van der Waals surface area contributed by atoms with Gasteiger partial charge in [-0.1, -0.05) is 31.2 Å². The quantitative estimate of drug-likeness (QED) is 0.519. The number of hydrogen-bond acceptors (Lipinski definition) is 5. The van der Waals surface area contributed by atoms with Crippen molar-refractivity contribution in [1.29, 1.82) is 0 Å². The second-order valence-corrected chi connectivity index (χ2v) is 7.68. The fourth-order valence-corrected chi connectivity index (χ4v) is 4.01. The van der Waals surface area contributed by atoms with E-state index in [1.54, 1.807) is 6.07 Å². The Bertz CT molecular complexity index is 1350. The maximum atomic E-state index is 13.4. The molecular weight excluding hydrogens is 392 g/mol. The largest absolute Gasteiger partial charge is 0.347 e. The van der Waals surface area contributed by atoms with Crippen molar-refractivity contribution in [1.82, 2.24) is 14.3 Å². The van der Waals surface area contributed by atoms with Crippen molar-refractivity contribution in [3.05, 3.63) is 64.1 Å². The molecule has 0 aliphatic rings. The normalized spacial score (nSPS) is 11.4. The summed E-state index contributed by atoms with van der Waals surface area (Å²) in [6.07, 6.45) is 3.65. The number of para-hydroxylation sites is 1. The number of nitrogens with two attached hydrogens (primary N) is 1. The van der Waals surface area contributed by atoms with Gasteiger partial charge in [0.15, 0.2) is 0 Å². The van der Waals surface area contributed by atoms with Gasteiger partial charge in [-0.2, -0.15) is 0 Å². The number of benzene rings is 2. The Kier molecular flexibility index (Phi) is 5.61. The Balaban J connectivity index is 2.06. The van der Waals surface area contributed by atoms with E-state index in [0.29, 0.717) is 17.6 Å². The minimum Gasteiger partial charge on any atom is -0.347 e. The number of aryl methyl sites for hydroxylation is 3. The molecule has 31 heavy (non-hydrogen) atoms. The molecule has 4 aromatic rings. The van der Waals surface area contributed by atoms with Crippen molar-refractivity contribution in [2.45, 2.75) is 40.2 Å². The van der Waals surface area contributed by atoms with Gasteiger partial charge < -0.3 is 15.1 Å². The molecule has 0 fully saturated rings. The van der Waals surface area contributed by atoms with E-state index in [-0.39, 0.29) is 5.69 Å². The number of fused-ring (bicyclic) bond motifs is 2. The van der Waals surface area contributed by atoms with Gasteiger partial charge in [-0.15, -0.1) is 4.73 Å². The fraction of sp³-hybridized carbons (Fsp3) is 0.292. The summed E-state index contributed by atoms with van der Waals surface area (Å²) >= 11 is 0. The SMILES string of the molecule is CCc1cccc2c(-c3nc4cc(C)ccc4n(OC(C)=O)c3=O)cn(CCCN)c12. The van der Waals surface area contributed by atoms with E-state index in [1.807, 2.05) is 37.4 Å². The third kappa shape index (κ3) is 3.72. The van der Waals surface area contributed by atoms with E-state index in [2.05, 4.69) is 17.6 Å². The number of rotatable bonds is 6. The Labute approximate surface area is 180 Å². The molecule has 2 N–H and O–H groups in total. The van der Waals surface area contributed by atoms with Crippen LogP contribution >= 0.6 is 0 Å². The van der Waals surface area contributed by atoms with Crippen LogP contribution in [0.3, 0.4) is 0 Å². The molecule has 2 aromatic heterocycles. The molecule has 0 bridgehead atoms. The van der Waals surface area contributed by atoms with Gasteiger partial charge >= 0.3 is 11.5 Å². The second-order valence-electron chi connectivity index (χ2n) is 7.68. The van der Waals surface area contributed by atoms with Crippen LogP contribution in [0.4, 0.5) is 0 Å². The number of hydrogen-bond donors (Lipinski definition) is 1. The zero-order valence-electron chi connectivity index (χ0n) is 18.0. The summed E-state index contributed by atoms with van der Waals surface area (Å²) in [6, 6.07) is 11.6. The van der Waals surface area contributed by atoms with Gasteiger partial charge in [-0.05, 0) is 49.6 Å². The van der Waals surface area contributed by atoms with E-state index in [9.17, 15) is 9.59 Å². The molecule has 0 saturated carbocycles. The monoisotopic (exact) mass is 418 g/mol. The molecule has 2 aromatic carbocycles. The Morgan fingerprint density at radius 1 is 1.23 bits per heavy atom. The minimum atomic E-state index is -0.570. The minimum absolute atomic E-state index is 0.254. The third-order valence-corrected chi connectivity index (χ3v) is 5.41. The van der Waals surface area contributed by atoms with Gasteiger partial charge in [0.1, 0.15) is 11.2 Å². The van der Waals surface area contributed by atoms with E-state index < -0.39 is 11.5 Å². The summed E-state index contributed by atoms with van der Waals surface area (Å²) in [4.78, 5) is 35.1. The molecular formula is C24H26N4O3. The van der Waals surface area contributed by atoms with Crippen LogP contribution in [0.25, 0.3) is 33.2 Å². The van der Waals surface area contributed by atoms with Crippen LogP contribution in [0.2, 0.25) is 0 Å². The predicted molar refractivity (Wildman–Crippen MR) is 122 cm³/mol. The van der Waals surface area contributed by atoms with Crippen LogP contribution in [0, 0.1) is 6.92 Å². The van der Waals surface area contributed by atoms with E-state index in [0.717, 1.165) is 46.1 Å². The first-order valence-corrected chi connectivity index (χ1v) is 10.5. The van der Waals surface area contributed by atoms with E-state index in [4.69, 9.17) is 15.6 Å². The van der Waals surface area contributed by atoms with Gasteiger partial charge in [-0.25, -0.2) is 9.78 Å². The Hall–Kier alpha value is -3.45. The summed E-state index contributed by atoms with van der Waals surface area (Å²) in [7, 11) is 0. The first kappa shape index (κ1) is 20.8. The van der Waals surface area contributed by atoms with Gasteiger partial charge in [-0.3, -0.25) is 4.79 Å². The number of carbonyl (C=O) groups excluding carboxylic acids is 1. The average Bonchev–Trinajstić information content (AvgIpc) is 3.12. The van der Waals surface area contributed by atoms with E-state index in [1.165, 1.54) is 12.5 Å². The summed E-state index contributed by atoms with van der Waals surface area (Å²) in [5.74, 6) is -0.570. The first-order valence-electron chi connectivity index (χ1n) is 10.5. The standard InChI is InChI=1S/C24H26N4O3/c1-4-17-7-5-8-18-19(14-27(23(17)18)12-6-11-25)22-24(30)28(31-16(3)29)21-10-9-15(2)13-20(21)26-22/h5,7-10,13-14H,4,6,11-12,25H2,1-3H3. The number of nitrogens with zero attached hydrogens (tertiary/aromatic N) is 3. The van der Waals surface area contributed by atoms with Crippen LogP contribution in [-0.4, -0.2) is 26.8 Å². The Morgan fingerprint density at radius 3 is 2.74 bits per heavy atom. The zero-order chi connectivity index (χ0) is 22.1. The van der Waals surface area contributed by atoms with Crippen LogP contribution < -0.4 is 16.1 Å². The van der Waals surface area contributed by atoms with Gasteiger partial charge in [0.2, 0.25) is 0 Å². The summed E-state index contributed by atoms with van der Waals surface area (Å²) in [6.45, 7) is 6.66. The summed E-state index contributed by atoms with van der Waals surface area (Å²) in [5.41, 5.74) is 10.6. The van der Waals surface area contributed by atoms with Crippen molar-refractivity contribution in [3.8, 4) is 11.3 Å². The number of aromatic nitrogens is 3. The maximum absolute atomic E-state index is 13.4. The van der Waals surface area contributed by atoms with Crippen LogP contribution in [-0.2, 0) is 17.8 Å². The molecule has 0 aliphatic heterocycles. The Morgan fingerprint density at radius 2 is 2.03 bits per heavy atom. The van der Waals surface area contributed by atoms with Gasteiger partial charge in [0, 0.05) is 30.6 Å². The van der Waals surface area contributed by atoms with Gasteiger partial charge in [0.25, 0.3) is 0 Å². The molecule has 0 spiro atoms. The summed E-state index contributed by atoms with van der Waals surface area (Å²) in [5, 5.41) is 0.947. The van der Waals surface area contributed by atoms with Crippen molar-refractivity contribution >= 4 is 27.9 Å². The third-order valence-electron chi connectivity index (χ3n) is 5.41. The highest BCUT2D eigenvalue weighted by Gasteiger charge is 2.20. The molecule has 160 valence electrons. The highest BCUT2D eigenvalue weighted by Crippen LogP contribution is 2.31. The fourth-order valence-electron chi connectivity index (χ4n) is 4.01. The summed E-state index contributed by atoms with van der Waals surface area (Å²) < 4.78 is 3.19. The highest BCUT2D eigenvalue weighted by molar-refractivity contribution is 5.97. The van der Waals surface area contributed by atoms with Crippen LogP contribution in [0.5, 0.6) is 0 Å². The van der Waals surface area contributed by atoms with Crippen molar-refractivity contribution in [2.24, 2.45) is 5.73 Å². The smallest absolute Gasteiger partial charge is 0.330 e. The molecule has 4 rings (SSSR count). The molecule has 7 heteroatoms. The highest BCUT2D eigenvalue weighted by atomic mass is 16.7. The lowest BCUT2D eigenvalue weighted by Gasteiger charge is -2.11. The van der Waals surface area contributed by atoms with Crippen LogP contribution in [0.15, 0.2) is 47.4 Å². The van der Waals surface area contributed by atoms with Crippen molar-refractivity contribution in [3.63, 3.8) is 0 Å². The molecule has 0 amide bonds. The molecule has 0 atom stereocenters. The molecule has 0 radical (unpaired) electrons. The second kappa shape index (κ2) is 8.35. The average molecular weight is 418 g/mol. The van der Waals surface area contributed by atoms with Gasteiger partial charge in [0.05, 0.1) is 11.0 Å². The predicted octanol–water partition coefficient (Wildman–Crippen LogP) is 3.21. The lowest BCUT2D eigenvalue weighted by Crippen LogP contribution is -2.31. The maximum Gasteiger partial charge on any atom is 0.330 e. The number of carbonyl (C=O) groups is 1. The van der Waals surface area contributed by atoms with E-state index >= 15 is 0 Å². The lowest BCUT2D eigenvalue weighted by molar-refractivity contribution is -0.141. The molecule has 0 saturated heterocycles. The zero-order valence-corrected chi connectivity index (χ0v) is 18.0. The molecule has 0 unspecified atom stereocenters. The molecule has 7 nitrogen and oxygen atoms in total. The van der Waals surface area contributed by atoms with Crippen molar-refractivity contribution in [2.75, 3.05) is 6.54 Å².